The number of likely N-dealkylation sites (tertiary alicyclic amines) is 1. The minimum Gasteiger partial charge on any atom is -0.481 e. The number of aliphatic hydroxyl groups is 1. The first-order valence-corrected chi connectivity index (χ1v) is 14.7. The van der Waals surface area contributed by atoms with Crippen molar-refractivity contribution in [3.05, 3.63) is 36.9 Å². The van der Waals surface area contributed by atoms with Gasteiger partial charge in [-0.05, 0) is 63.3 Å². The van der Waals surface area contributed by atoms with Crippen molar-refractivity contribution >= 4 is 29.2 Å². The van der Waals surface area contributed by atoms with Crippen molar-refractivity contribution in [2.24, 2.45) is 17.8 Å². The number of hydrogen-bond donors (Lipinski definition) is 2. The molecule has 2 bridgehead atoms. The summed E-state index contributed by atoms with van der Waals surface area (Å²) in [5, 5.41) is 20.8. The van der Waals surface area contributed by atoms with E-state index in [-0.39, 0.29) is 25.0 Å². The molecule has 7 atom stereocenters. The fourth-order valence-electron chi connectivity index (χ4n) is 7.51. The van der Waals surface area contributed by atoms with E-state index in [1.165, 1.54) is 4.90 Å². The van der Waals surface area contributed by atoms with Crippen LogP contribution in [0, 0.1) is 17.8 Å². The highest BCUT2D eigenvalue weighted by atomic mass is 16.5. The molecule has 220 valence electrons. The van der Waals surface area contributed by atoms with Crippen LogP contribution in [0.2, 0.25) is 0 Å². The molecule has 2 amide bonds. The van der Waals surface area contributed by atoms with Crippen molar-refractivity contribution in [1.82, 2.24) is 4.90 Å². The molecule has 3 fully saturated rings. The normalized spacial score (nSPS) is 30.2. The lowest BCUT2D eigenvalue weighted by Gasteiger charge is -2.41. The molecule has 3 aliphatic heterocycles. The molecule has 3 aliphatic rings. The first-order chi connectivity index (χ1) is 19.1. The number of fused-ring (bicyclic) bond motifs is 1. The summed E-state index contributed by atoms with van der Waals surface area (Å²) in [6, 6.07) is 6.04. The van der Waals surface area contributed by atoms with E-state index in [1.54, 1.807) is 11.0 Å². The van der Waals surface area contributed by atoms with Crippen molar-refractivity contribution in [3.8, 4) is 0 Å². The third-order valence-electron chi connectivity index (χ3n) is 9.83. The number of amides is 2. The fourth-order valence-corrected chi connectivity index (χ4v) is 7.51. The Balaban J connectivity index is 1.84. The van der Waals surface area contributed by atoms with Crippen LogP contribution in [0.5, 0.6) is 0 Å². The van der Waals surface area contributed by atoms with Gasteiger partial charge in [0.15, 0.2) is 0 Å². The molecule has 40 heavy (non-hydrogen) atoms. The molecule has 0 radical (unpaired) electrons. The fraction of sp³-hybridized carbons (Fsp3) is 0.645. The van der Waals surface area contributed by atoms with Crippen LogP contribution in [0.1, 0.15) is 60.3 Å². The molecular formula is C31H45N3O6. The highest BCUT2D eigenvalue weighted by Gasteiger charge is 2.79. The highest BCUT2D eigenvalue weighted by molar-refractivity contribution is 6.05. The van der Waals surface area contributed by atoms with Crippen LogP contribution in [-0.2, 0) is 19.1 Å². The van der Waals surface area contributed by atoms with Crippen LogP contribution in [0.25, 0.3) is 0 Å². The summed E-state index contributed by atoms with van der Waals surface area (Å²) in [5.74, 6) is -3.96. The smallest absolute Gasteiger partial charge is 0.310 e. The number of aliphatic hydroxyl groups excluding tert-OH is 1. The molecule has 0 aromatic heterocycles. The summed E-state index contributed by atoms with van der Waals surface area (Å²) in [5.41, 5.74) is -0.560. The van der Waals surface area contributed by atoms with Gasteiger partial charge in [-0.1, -0.05) is 33.3 Å². The van der Waals surface area contributed by atoms with Gasteiger partial charge in [0.2, 0.25) is 5.91 Å². The zero-order chi connectivity index (χ0) is 29.4. The Bertz CT molecular complexity index is 1120. The summed E-state index contributed by atoms with van der Waals surface area (Å²) < 4.78 is 6.68. The van der Waals surface area contributed by atoms with E-state index < -0.39 is 47.0 Å². The van der Waals surface area contributed by atoms with Crippen molar-refractivity contribution in [1.29, 1.82) is 0 Å². The molecule has 9 heteroatoms. The molecule has 3 heterocycles. The van der Waals surface area contributed by atoms with Gasteiger partial charge in [-0.2, -0.15) is 0 Å². The molecule has 1 spiro atoms. The molecule has 3 saturated heterocycles. The summed E-state index contributed by atoms with van der Waals surface area (Å²) in [7, 11) is 0. The Hall–Kier alpha value is -2.91. The topological polar surface area (TPSA) is 111 Å². The second-order valence-electron chi connectivity index (χ2n) is 11.5. The van der Waals surface area contributed by atoms with Gasteiger partial charge in [0.25, 0.3) is 5.91 Å². The number of aliphatic carboxylic acids is 1. The molecule has 0 aliphatic carbocycles. The predicted molar refractivity (Wildman–Crippen MR) is 154 cm³/mol. The Morgan fingerprint density at radius 3 is 2.27 bits per heavy atom. The van der Waals surface area contributed by atoms with E-state index in [4.69, 9.17) is 4.74 Å². The zero-order valence-electron chi connectivity index (χ0n) is 24.5. The van der Waals surface area contributed by atoms with Crippen molar-refractivity contribution in [3.63, 3.8) is 0 Å². The molecule has 2 N–H and O–H groups in total. The Labute approximate surface area is 237 Å². The molecule has 4 rings (SSSR count). The van der Waals surface area contributed by atoms with Gasteiger partial charge in [-0.15, -0.1) is 6.58 Å². The predicted octanol–water partition coefficient (Wildman–Crippen LogP) is 3.70. The second kappa shape index (κ2) is 11.5. The summed E-state index contributed by atoms with van der Waals surface area (Å²) >= 11 is 0. The van der Waals surface area contributed by atoms with Crippen LogP contribution in [0.3, 0.4) is 0 Å². The third-order valence-corrected chi connectivity index (χ3v) is 9.83. The first-order valence-electron chi connectivity index (χ1n) is 14.7. The average Bonchev–Trinajstić information content (AvgIpc) is 3.56. The molecule has 2 unspecified atom stereocenters. The number of nitrogens with zero attached hydrogens (tertiary/aromatic N) is 3. The highest BCUT2D eigenvalue weighted by Crippen LogP contribution is 2.64. The van der Waals surface area contributed by atoms with E-state index in [2.05, 4.69) is 25.3 Å². The molecule has 1 aromatic rings. The third kappa shape index (κ3) is 4.42. The van der Waals surface area contributed by atoms with Gasteiger partial charge >= 0.3 is 5.97 Å². The van der Waals surface area contributed by atoms with Gasteiger partial charge < -0.3 is 29.6 Å². The zero-order valence-corrected chi connectivity index (χ0v) is 24.5. The van der Waals surface area contributed by atoms with Gasteiger partial charge in [0.1, 0.15) is 17.6 Å². The SMILES string of the molecule is C=CCN(C(=O)C1N([C@@H](CO)[C@@H](C)CC)C(=O)[C@@H]2[C@H](C(=O)O)[C@]3(CC)CCC12O3)c1ccc(N(CC)CC)cc1. The number of hydrogen-bond acceptors (Lipinski definition) is 6. The van der Waals surface area contributed by atoms with Crippen LogP contribution in [-0.4, -0.2) is 82.4 Å². The van der Waals surface area contributed by atoms with Gasteiger partial charge in [0, 0.05) is 31.0 Å². The lowest BCUT2D eigenvalue weighted by molar-refractivity contribution is -0.158. The minimum absolute atomic E-state index is 0.110. The Morgan fingerprint density at radius 1 is 1.15 bits per heavy atom. The largest absolute Gasteiger partial charge is 0.481 e. The maximum atomic E-state index is 14.7. The number of carboxylic acids is 1. The number of anilines is 2. The van der Waals surface area contributed by atoms with E-state index >= 15 is 0 Å². The van der Waals surface area contributed by atoms with E-state index in [9.17, 15) is 24.6 Å². The van der Waals surface area contributed by atoms with E-state index in [1.807, 2.05) is 45.0 Å². The summed E-state index contributed by atoms with van der Waals surface area (Å²) in [6.07, 6.45) is 3.64. The number of ether oxygens (including phenoxy) is 1. The Kier molecular flexibility index (Phi) is 8.66. The van der Waals surface area contributed by atoms with Crippen LogP contribution in [0.15, 0.2) is 36.9 Å². The number of carboxylic acid groups (broad SMARTS) is 1. The maximum Gasteiger partial charge on any atom is 0.310 e. The van der Waals surface area contributed by atoms with Gasteiger partial charge in [0.05, 0.1) is 24.2 Å². The van der Waals surface area contributed by atoms with Gasteiger partial charge in [-0.3, -0.25) is 14.4 Å². The molecule has 9 nitrogen and oxygen atoms in total. The average molecular weight is 556 g/mol. The number of rotatable bonds is 13. The van der Waals surface area contributed by atoms with E-state index in [0.29, 0.717) is 31.4 Å². The Morgan fingerprint density at radius 2 is 1.77 bits per heavy atom. The number of benzene rings is 1. The van der Waals surface area contributed by atoms with Crippen molar-refractivity contribution in [2.75, 3.05) is 36.0 Å². The monoisotopic (exact) mass is 555 g/mol. The van der Waals surface area contributed by atoms with Crippen molar-refractivity contribution < 1.29 is 29.3 Å². The minimum atomic E-state index is -1.27. The van der Waals surface area contributed by atoms with Crippen molar-refractivity contribution in [2.45, 2.75) is 83.6 Å². The number of carbonyl (C=O) groups is 3. The van der Waals surface area contributed by atoms with Crippen LogP contribution in [0.4, 0.5) is 11.4 Å². The molecule has 0 saturated carbocycles. The maximum absolute atomic E-state index is 14.7. The van der Waals surface area contributed by atoms with Crippen LogP contribution >= 0.6 is 0 Å². The lowest BCUT2D eigenvalue weighted by Crippen LogP contribution is -2.60. The quantitative estimate of drug-likeness (QED) is 0.357. The summed E-state index contributed by atoms with van der Waals surface area (Å²) in [4.78, 5) is 46.9. The standard InChI is InChI=1S/C31H45N3O6/c1-7-18-33(22-14-12-21(13-15-22)32(10-4)11-5)28(37)26-31-17-16-30(9-3,40-31)25(29(38)39)24(31)27(36)34(26)23(19-35)20(6)8-2/h7,12-15,20,23-26,35H,1,8-11,16-19H2,2-6H3,(H,38,39)/t20-,23-,24-,25+,26?,30-,31?/m0/s1. The summed E-state index contributed by atoms with van der Waals surface area (Å²) in [6.45, 7) is 15.4. The van der Waals surface area contributed by atoms with E-state index in [0.717, 1.165) is 18.8 Å². The molecular weight excluding hydrogens is 510 g/mol. The van der Waals surface area contributed by atoms with Crippen LogP contribution < -0.4 is 9.80 Å². The second-order valence-corrected chi connectivity index (χ2v) is 11.5. The number of carbonyl (C=O) groups excluding carboxylic acids is 2. The first kappa shape index (κ1) is 30.1. The lowest BCUT2D eigenvalue weighted by atomic mass is 9.65. The molecule has 1 aromatic carbocycles. The van der Waals surface area contributed by atoms with Gasteiger partial charge in [-0.25, -0.2) is 0 Å².